The molecule has 1 atom stereocenters. The zero-order valence-corrected chi connectivity index (χ0v) is 12.2. The Kier molecular flexibility index (Phi) is 3.23. The van der Waals surface area contributed by atoms with Crippen LogP contribution in [0.15, 0.2) is 24.3 Å². The van der Waals surface area contributed by atoms with Gasteiger partial charge in [0, 0.05) is 17.2 Å². The molecule has 1 aliphatic rings. The molecule has 1 fully saturated rings. The van der Waals surface area contributed by atoms with Gasteiger partial charge in [0.05, 0.1) is 16.0 Å². The van der Waals surface area contributed by atoms with E-state index in [4.69, 9.17) is 9.47 Å². The molecule has 0 bridgehead atoms. The van der Waals surface area contributed by atoms with Crippen molar-refractivity contribution in [2.75, 3.05) is 6.61 Å². The van der Waals surface area contributed by atoms with Gasteiger partial charge >= 0.3 is 0 Å². The lowest BCUT2D eigenvalue weighted by atomic mass is 10.1. The quantitative estimate of drug-likeness (QED) is 0.661. The standard InChI is InChI=1S/C16H11F3O2S/c17-10-5-3-8-9-4-6-11(21-12-2-1-7-20-12)14(19)16(9)22-15(8)13(10)18/h3-6,12H,1-2,7H2. The lowest BCUT2D eigenvalue weighted by Gasteiger charge is -2.13. The van der Waals surface area contributed by atoms with Crippen LogP contribution in [0.1, 0.15) is 12.8 Å². The Morgan fingerprint density at radius 1 is 1.00 bits per heavy atom. The maximum Gasteiger partial charge on any atom is 0.200 e. The van der Waals surface area contributed by atoms with Gasteiger partial charge in [-0.25, -0.2) is 13.2 Å². The SMILES string of the molecule is Fc1ccc2c(sc3c(F)c(OC4CCCO4)ccc32)c1F. The van der Waals surface area contributed by atoms with Crippen molar-refractivity contribution in [1.29, 1.82) is 0 Å². The molecule has 2 heterocycles. The third-order valence-electron chi connectivity index (χ3n) is 3.75. The summed E-state index contributed by atoms with van der Waals surface area (Å²) in [6, 6.07) is 5.69. The topological polar surface area (TPSA) is 18.5 Å². The van der Waals surface area contributed by atoms with Crippen LogP contribution in [0.2, 0.25) is 0 Å². The second-order valence-electron chi connectivity index (χ2n) is 5.15. The molecule has 0 spiro atoms. The van der Waals surface area contributed by atoms with Crippen molar-refractivity contribution in [3.63, 3.8) is 0 Å². The Morgan fingerprint density at radius 3 is 2.45 bits per heavy atom. The molecule has 0 N–H and O–H groups in total. The van der Waals surface area contributed by atoms with Crippen molar-refractivity contribution in [2.24, 2.45) is 0 Å². The maximum atomic E-state index is 14.6. The lowest BCUT2D eigenvalue weighted by molar-refractivity contribution is -0.0409. The van der Waals surface area contributed by atoms with Gasteiger partial charge in [-0.2, -0.15) is 0 Å². The first kappa shape index (κ1) is 13.8. The van der Waals surface area contributed by atoms with Crippen LogP contribution >= 0.6 is 11.3 Å². The molecule has 3 aromatic rings. The Balaban J connectivity index is 1.87. The highest BCUT2D eigenvalue weighted by molar-refractivity contribution is 7.25. The van der Waals surface area contributed by atoms with E-state index in [0.717, 1.165) is 23.8 Å². The largest absolute Gasteiger partial charge is 0.462 e. The molecule has 0 aliphatic carbocycles. The molecule has 0 radical (unpaired) electrons. The number of fused-ring (bicyclic) bond motifs is 3. The summed E-state index contributed by atoms with van der Waals surface area (Å²) in [5.41, 5.74) is 0. The predicted octanol–water partition coefficient (Wildman–Crippen LogP) is 4.99. The Hall–Kier alpha value is -1.79. The van der Waals surface area contributed by atoms with Crippen molar-refractivity contribution in [2.45, 2.75) is 19.1 Å². The fourth-order valence-corrected chi connectivity index (χ4v) is 3.83. The third kappa shape index (κ3) is 2.06. The van der Waals surface area contributed by atoms with Crippen LogP contribution < -0.4 is 4.74 Å². The molecular formula is C16H11F3O2S. The van der Waals surface area contributed by atoms with Crippen LogP contribution in [-0.2, 0) is 4.74 Å². The lowest BCUT2D eigenvalue weighted by Crippen LogP contribution is -2.14. The highest BCUT2D eigenvalue weighted by atomic mass is 32.1. The molecule has 2 nitrogen and oxygen atoms in total. The smallest absolute Gasteiger partial charge is 0.200 e. The molecular weight excluding hydrogens is 313 g/mol. The molecule has 1 unspecified atom stereocenters. The Morgan fingerprint density at radius 2 is 1.73 bits per heavy atom. The van der Waals surface area contributed by atoms with E-state index >= 15 is 0 Å². The normalized spacial score (nSPS) is 18.4. The van der Waals surface area contributed by atoms with Crippen molar-refractivity contribution in [3.8, 4) is 5.75 Å². The molecule has 0 saturated carbocycles. The van der Waals surface area contributed by atoms with Crippen LogP contribution in [-0.4, -0.2) is 12.9 Å². The van der Waals surface area contributed by atoms with Gasteiger partial charge in [0.2, 0.25) is 0 Å². The van der Waals surface area contributed by atoms with Gasteiger partial charge in [-0.1, -0.05) is 0 Å². The number of hydrogen-bond acceptors (Lipinski definition) is 3. The predicted molar refractivity (Wildman–Crippen MR) is 78.8 cm³/mol. The molecule has 4 rings (SSSR count). The second kappa shape index (κ2) is 5.14. The number of benzene rings is 2. The zero-order valence-electron chi connectivity index (χ0n) is 11.4. The summed E-state index contributed by atoms with van der Waals surface area (Å²) in [5.74, 6) is -2.36. The van der Waals surface area contributed by atoms with Crippen molar-refractivity contribution >= 4 is 31.5 Å². The summed E-state index contributed by atoms with van der Waals surface area (Å²) < 4.78 is 53.0. The molecule has 6 heteroatoms. The summed E-state index contributed by atoms with van der Waals surface area (Å²) in [6.07, 6.45) is 1.14. The van der Waals surface area contributed by atoms with E-state index in [0.29, 0.717) is 23.8 Å². The minimum absolute atomic E-state index is 0.0758. The van der Waals surface area contributed by atoms with Crippen LogP contribution in [0, 0.1) is 17.5 Å². The average molecular weight is 324 g/mol. The molecule has 0 amide bonds. The van der Waals surface area contributed by atoms with E-state index < -0.39 is 23.7 Å². The number of thiophene rings is 1. The van der Waals surface area contributed by atoms with Crippen LogP contribution in [0.3, 0.4) is 0 Å². The third-order valence-corrected chi connectivity index (χ3v) is 4.96. The highest BCUT2D eigenvalue weighted by Gasteiger charge is 2.22. The van der Waals surface area contributed by atoms with Gasteiger partial charge in [-0.3, -0.25) is 0 Å². The summed E-state index contributed by atoms with van der Waals surface area (Å²) in [7, 11) is 0. The number of hydrogen-bond donors (Lipinski definition) is 0. The Labute approximate surface area is 128 Å². The highest BCUT2D eigenvalue weighted by Crippen LogP contribution is 2.40. The first-order chi connectivity index (χ1) is 10.6. The molecule has 1 saturated heterocycles. The molecule has 1 aromatic heterocycles. The number of halogens is 3. The number of rotatable bonds is 2. The van der Waals surface area contributed by atoms with E-state index in [1.54, 1.807) is 6.07 Å². The molecule has 1 aliphatic heterocycles. The maximum absolute atomic E-state index is 14.6. The van der Waals surface area contributed by atoms with Gasteiger partial charge in [0.25, 0.3) is 0 Å². The summed E-state index contributed by atoms with van der Waals surface area (Å²) >= 11 is 0.890. The van der Waals surface area contributed by atoms with Crippen LogP contribution in [0.4, 0.5) is 13.2 Å². The Bertz CT molecular complexity index is 869. The molecule has 2 aromatic carbocycles. The summed E-state index contributed by atoms with van der Waals surface area (Å²) in [4.78, 5) is 0. The van der Waals surface area contributed by atoms with Crippen molar-refractivity contribution < 1.29 is 22.6 Å². The van der Waals surface area contributed by atoms with E-state index in [1.807, 2.05) is 0 Å². The first-order valence-electron chi connectivity index (χ1n) is 6.92. The average Bonchev–Trinajstić information content (AvgIpc) is 3.14. The fraction of sp³-hybridized carbons (Fsp3) is 0.250. The first-order valence-corrected chi connectivity index (χ1v) is 7.74. The van der Waals surface area contributed by atoms with Gasteiger partial charge in [0.1, 0.15) is 0 Å². The minimum atomic E-state index is -0.945. The van der Waals surface area contributed by atoms with Crippen LogP contribution in [0.5, 0.6) is 5.75 Å². The van der Waals surface area contributed by atoms with Crippen molar-refractivity contribution in [1.82, 2.24) is 0 Å². The van der Waals surface area contributed by atoms with Gasteiger partial charge < -0.3 is 9.47 Å². The molecule has 22 heavy (non-hydrogen) atoms. The summed E-state index contributed by atoms with van der Waals surface area (Å²) in [6.45, 7) is 0.599. The van der Waals surface area contributed by atoms with E-state index in [-0.39, 0.29) is 15.1 Å². The molecule has 114 valence electrons. The van der Waals surface area contributed by atoms with E-state index in [9.17, 15) is 13.2 Å². The minimum Gasteiger partial charge on any atom is -0.462 e. The van der Waals surface area contributed by atoms with E-state index in [1.165, 1.54) is 12.1 Å². The monoisotopic (exact) mass is 324 g/mol. The van der Waals surface area contributed by atoms with Crippen molar-refractivity contribution in [3.05, 3.63) is 41.7 Å². The van der Waals surface area contributed by atoms with Gasteiger partial charge in [0.15, 0.2) is 29.5 Å². The second-order valence-corrected chi connectivity index (χ2v) is 6.18. The van der Waals surface area contributed by atoms with E-state index in [2.05, 4.69) is 0 Å². The van der Waals surface area contributed by atoms with Gasteiger partial charge in [-0.15, -0.1) is 11.3 Å². The van der Waals surface area contributed by atoms with Gasteiger partial charge in [-0.05, 0) is 30.7 Å². The zero-order chi connectivity index (χ0) is 15.3. The summed E-state index contributed by atoms with van der Waals surface area (Å²) in [5, 5.41) is 1.05. The van der Waals surface area contributed by atoms with Crippen LogP contribution in [0.25, 0.3) is 20.2 Å². The fourth-order valence-electron chi connectivity index (χ4n) is 2.67. The number of ether oxygens (including phenoxy) is 2.